The maximum absolute atomic E-state index is 4.96. The molecule has 64 valence electrons. The number of hydrogen-bond acceptors (Lipinski definition) is 2. The Bertz CT molecular complexity index is 244. The Morgan fingerprint density at radius 2 is 2.17 bits per heavy atom. The van der Waals surface area contributed by atoms with Gasteiger partial charge in [-0.2, -0.15) is 6.08 Å². The molecule has 0 bridgehead atoms. The number of methoxy groups -OCH3 is 1. The average Bonchev–Trinajstić information content (AvgIpc) is 2.10. The van der Waals surface area contributed by atoms with Crippen LogP contribution in [0.5, 0.6) is 0 Å². The van der Waals surface area contributed by atoms with Gasteiger partial charge in [-0.25, -0.2) is 5.92 Å². The van der Waals surface area contributed by atoms with Crippen molar-refractivity contribution in [2.45, 2.75) is 20.1 Å². The summed E-state index contributed by atoms with van der Waals surface area (Å²) in [6.07, 6.45) is 3.69. The van der Waals surface area contributed by atoms with Crippen LogP contribution in [-0.2, 0) is 9.47 Å². The number of allylic oxidation sites excluding steroid dienone is 1. The lowest BCUT2D eigenvalue weighted by Crippen LogP contribution is -2.05. The molecule has 0 aromatic rings. The summed E-state index contributed by atoms with van der Waals surface area (Å²) in [6, 6.07) is 0. The van der Waals surface area contributed by atoms with Crippen molar-refractivity contribution < 1.29 is 9.47 Å². The van der Waals surface area contributed by atoms with Crippen LogP contribution < -0.4 is 0 Å². The lowest BCUT2D eigenvalue weighted by atomic mass is 10.5. The molecule has 1 atom stereocenters. The fraction of sp³-hybridized carbons (Fsp3) is 0.400. The summed E-state index contributed by atoms with van der Waals surface area (Å²) in [7, 11) is 1.56. The zero-order valence-corrected chi connectivity index (χ0v) is 7.47. The Kier molecular flexibility index (Phi) is 6.84. The molecule has 2 nitrogen and oxygen atoms in total. The van der Waals surface area contributed by atoms with E-state index in [4.69, 9.17) is 9.47 Å². The van der Waals surface area contributed by atoms with Crippen molar-refractivity contribution in [2.75, 3.05) is 7.11 Å². The molecule has 0 heterocycles. The van der Waals surface area contributed by atoms with Crippen LogP contribution in [0.2, 0.25) is 0 Å². The summed E-state index contributed by atoms with van der Waals surface area (Å²) in [6.45, 7) is 3.50. The molecule has 0 aliphatic rings. The fourth-order valence-corrected chi connectivity index (χ4v) is 0.345. The molecule has 0 aliphatic carbocycles. The molecule has 0 rings (SSSR count). The largest absolute Gasteiger partial charge is 0.492 e. The zero-order chi connectivity index (χ0) is 9.23. The third kappa shape index (κ3) is 6.74. The van der Waals surface area contributed by atoms with Crippen molar-refractivity contribution in [3.05, 3.63) is 12.3 Å². The zero-order valence-electron chi connectivity index (χ0n) is 7.47. The molecular weight excluding hydrogens is 152 g/mol. The van der Waals surface area contributed by atoms with Gasteiger partial charge in [-0.1, -0.05) is 0 Å². The average molecular weight is 163 g/mol. The number of ether oxygens (including phenoxy) is 2. The lowest BCUT2D eigenvalue weighted by molar-refractivity contribution is -0.0681. The standard InChI is InChI=1S/C10H11O2/c1-4-5-6-7-8-9-12-10(2)11-3/h9-10H,1-3H3/q-1. The highest BCUT2D eigenvalue weighted by molar-refractivity contribution is 5.27. The van der Waals surface area contributed by atoms with Gasteiger partial charge in [0.15, 0.2) is 6.29 Å². The van der Waals surface area contributed by atoms with Gasteiger partial charge in [-0.05, 0) is 13.8 Å². The summed E-state index contributed by atoms with van der Waals surface area (Å²) in [4.78, 5) is 0. The number of hydrogen-bond donors (Lipinski definition) is 0. The van der Waals surface area contributed by atoms with E-state index in [-0.39, 0.29) is 6.29 Å². The molecule has 2 heteroatoms. The third-order valence-electron chi connectivity index (χ3n) is 0.973. The van der Waals surface area contributed by atoms with Crippen LogP contribution in [0.1, 0.15) is 13.8 Å². The van der Waals surface area contributed by atoms with Crippen molar-refractivity contribution in [1.82, 2.24) is 0 Å². The normalized spacial score (nSPS) is 10.9. The predicted octanol–water partition coefficient (Wildman–Crippen LogP) is 1.34. The Labute approximate surface area is 73.6 Å². The van der Waals surface area contributed by atoms with Crippen LogP contribution in [0.4, 0.5) is 0 Å². The van der Waals surface area contributed by atoms with E-state index in [2.05, 4.69) is 29.8 Å². The van der Waals surface area contributed by atoms with Crippen LogP contribution in [0, 0.1) is 29.8 Å². The van der Waals surface area contributed by atoms with Crippen molar-refractivity contribution in [1.29, 1.82) is 0 Å². The highest BCUT2D eigenvalue weighted by Gasteiger charge is 1.89. The summed E-state index contributed by atoms with van der Waals surface area (Å²) >= 11 is 0. The highest BCUT2D eigenvalue weighted by Crippen LogP contribution is 1.89. The molecule has 0 aromatic heterocycles. The highest BCUT2D eigenvalue weighted by atomic mass is 16.7. The van der Waals surface area contributed by atoms with Crippen molar-refractivity contribution >= 4 is 0 Å². The van der Waals surface area contributed by atoms with Gasteiger partial charge >= 0.3 is 0 Å². The Hall–Kier alpha value is -1.38. The molecule has 0 N–H and O–H groups in total. The van der Waals surface area contributed by atoms with E-state index in [1.165, 1.54) is 6.26 Å². The van der Waals surface area contributed by atoms with Crippen LogP contribution in [0.15, 0.2) is 6.26 Å². The first-order chi connectivity index (χ1) is 5.81. The first kappa shape index (κ1) is 10.6. The molecule has 0 amide bonds. The summed E-state index contributed by atoms with van der Waals surface area (Å²) in [5.74, 6) is 10.3. The molecule has 12 heavy (non-hydrogen) atoms. The van der Waals surface area contributed by atoms with E-state index in [1.807, 2.05) is 0 Å². The van der Waals surface area contributed by atoms with Crippen molar-refractivity contribution in [3.63, 3.8) is 0 Å². The molecule has 0 aromatic carbocycles. The van der Waals surface area contributed by atoms with E-state index >= 15 is 0 Å². The van der Waals surface area contributed by atoms with Gasteiger partial charge in [0.2, 0.25) is 0 Å². The Morgan fingerprint density at radius 3 is 2.75 bits per heavy atom. The Balaban J connectivity index is 3.63. The minimum absolute atomic E-state index is 0.267. The van der Waals surface area contributed by atoms with Gasteiger partial charge in [0.1, 0.15) is 0 Å². The molecule has 0 aliphatic heterocycles. The van der Waals surface area contributed by atoms with Crippen LogP contribution in [-0.4, -0.2) is 13.4 Å². The van der Waals surface area contributed by atoms with Gasteiger partial charge in [0.05, 0.1) is 0 Å². The minimum atomic E-state index is -0.267. The molecule has 0 spiro atoms. The summed E-state index contributed by atoms with van der Waals surface area (Å²) in [5.41, 5.74) is 0. The summed E-state index contributed by atoms with van der Waals surface area (Å²) < 4.78 is 9.77. The van der Waals surface area contributed by atoms with Gasteiger partial charge in [0.25, 0.3) is 0 Å². The molecule has 0 radical (unpaired) electrons. The first-order valence-electron chi connectivity index (χ1n) is 3.48. The summed E-state index contributed by atoms with van der Waals surface area (Å²) in [5, 5.41) is 0. The molecule has 0 saturated heterocycles. The van der Waals surface area contributed by atoms with Crippen LogP contribution >= 0.6 is 0 Å². The van der Waals surface area contributed by atoms with E-state index in [0.717, 1.165) is 0 Å². The van der Waals surface area contributed by atoms with E-state index in [9.17, 15) is 0 Å². The second-order valence-electron chi connectivity index (χ2n) is 1.83. The van der Waals surface area contributed by atoms with E-state index in [1.54, 1.807) is 21.0 Å². The van der Waals surface area contributed by atoms with Crippen molar-refractivity contribution in [3.8, 4) is 23.7 Å². The Morgan fingerprint density at radius 1 is 1.42 bits per heavy atom. The maximum atomic E-state index is 4.96. The maximum Gasteiger partial charge on any atom is 0.193 e. The molecule has 1 unspecified atom stereocenters. The molecule has 0 saturated carbocycles. The predicted molar refractivity (Wildman–Crippen MR) is 46.6 cm³/mol. The quantitative estimate of drug-likeness (QED) is 0.270. The SMILES string of the molecule is CC#CC#C[C-]=COC(C)OC. The van der Waals surface area contributed by atoms with E-state index in [0.29, 0.717) is 0 Å². The first-order valence-corrected chi connectivity index (χ1v) is 3.48. The van der Waals surface area contributed by atoms with Gasteiger partial charge < -0.3 is 9.47 Å². The van der Waals surface area contributed by atoms with Crippen LogP contribution in [0.25, 0.3) is 0 Å². The van der Waals surface area contributed by atoms with Crippen LogP contribution in [0.3, 0.4) is 0 Å². The lowest BCUT2D eigenvalue weighted by Gasteiger charge is -2.08. The third-order valence-corrected chi connectivity index (χ3v) is 0.973. The smallest absolute Gasteiger partial charge is 0.193 e. The monoisotopic (exact) mass is 163 g/mol. The van der Waals surface area contributed by atoms with Gasteiger partial charge in [0, 0.05) is 13.4 Å². The number of rotatable bonds is 3. The second-order valence-corrected chi connectivity index (χ2v) is 1.83. The molecular formula is C10H11O2-. The second kappa shape index (κ2) is 7.72. The van der Waals surface area contributed by atoms with Crippen molar-refractivity contribution in [2.24, 2.45) is 0 Å². The topological polar surface area (TPSA) is 18.5 Å². The molecule has 0 fully saturated rings. The van der Waals surface area contributed by atoms with Gasteiger partial charge in [-0.3, -0.25) is 5.92 Å². The minimum Gasteiger partial charge on any atom is -0.492 e. The van der Waals surface area contributed by atoms with Gasteiger partial charge in [-0.15, -0.1) is 11.8 Å². The fourth-order valence-electron chi connectivity index (χ4n) is 0.345. The van der Waals surface area contributed by atoms with E-state index < -0.39 is 0 Å².